The van der Waals surface area contributed by atoms with E-state index in [-0.39, 0.29) is 0 Å². The van der Waals surface area contributed by atoms with Crippen LogP contribution in [0.25, 0.3) is 0 Å². The van der Waals surface area contributed by atoms with Crippen LogP contribution in [0, 0.1) is 0 Å². The number of rotatable bonds is 0. The molecule has 0 aliphatic carbocycles. The van der Waals surface area contributed by atoms with Crippen molar-refractivity contribution in [3.63, 3.8) is 0 Å². The molecule has 0 aliphatic heterocycles. The molecule has 0 aromatic heterocycles. The van der Waals surface area contributed by atoms with Crippen LogP contribution >= 0.6 is 30.4 Å². The molecule has 0 heterocycles. The maximum absolute atomic E-state index is 7.00. The summed E-state index contributed by atoms with van der Waals surface area (Å²) < 4.78 is 0. The average Bonchev–Trinajstić information content (AvgIpc) is 1.41. The van der Waals surface area contributed by atoms with Crippen LogP contribution in [0.4, 0.5) is 0 Å². The summed E-state index contributed by atoms with van der Waals surface area (Å²) in [4.78, 5) is 0. The van der Waals surface area contributed by atoms with Gasteiger partial charge in [-0.05, 0) is 0 Å². The van der Waals surface area contributed by atoms with Crippen LogP contribution in [-0.2, 0) is 10.9 Å². The van der Waals surface area contributed by atoms with E-state index in [4.69, 9.17) is 35.5 Å². The monoisotopic (exact) mass is 196 g/mol. The van der Waals surface area contributed by atoms with Crippen molar-refractivity contribution in [2.24, 2.45) is 0 Å². The summed E-state index contributed by atoms with van der Waals surface area (Å²) in [6.07, 6.45) is 0. The molecule has 0 aromatic carbocycles. The maximum atomic E-state index is 7.00. The van der Waals surface area contributed by atoms with Crippen LogP contribution in [-0.4, -0.2) is 12.2 Å². The van der Waals surface area contributed by atoms with Crippen LogP contribution in [0.5, 0.6) is 0 Å². The zero-order chi connectivity index (χ0) is 5.58. The first-order valence-electron chi connectivity index (χ1n) is 0.825. The molecule has 0 atom stereocenters. The van der Waals surface area contributed by atoms with E-state index in [9.17, 15) is 0 Å². The summed E-state index contributed by atoms with van der Waals surface area (Å²) in [7, 11) is 14.4. The Hall–Kier alpha value is 1.34. The van der Waals surface area contributed by atoms with Gasteiger partial charge in [0.2, 0.25) is 0 Å². The van der Waals surface area contributed by atoms with Crippen molar-refractivity contribution in [1.82, 2.24) is 0 Å². The molecule has 1 nitrogen and oxygen atoms in total. The van der Waals surface area contributed by atoms with Gasteiger partial charge in [-0.1, -0.05) is 0 Å². The third-order valence-electron chi connectivity index (χ3n) is 0. The fourth-order valence-electron chi connectivity index (χ4n) is 0. The molecule has 0 spiro atoms. The fourth-order valence-corrected chi connectivity index (χ4v) is 0. The van der Waals surface area contributed by atoms with Crippen molar-refractivity contribution in [3.05, 3.63) is 0 Å². The van der Waals surface area contributed by atoms with Gasteiger partial charge in [-0.15, -0.1) is 0 Å². The van der Waals surface area contributed by atoms with Gasteiger partial charge < -0.3 is 5.11 Å². The fraction of sp³-hybridized carbons (Fsp3) is 1.00. The molecule has 0 fully saturated rings. The van der Waals surface area contributed by atoms with Crippen molar-refractivity contribution in [2.75, 3.05) is 7.11 Å². The molecule has 0 unspecified atom stereocenters. The van der Waals surface area contributed by atoms with Gasteiger partial charge in [0.05, 0.1) is 0 Å². The van der Waals surface area contributed by atoms with Crippen LogP contribution in [0.3, 0.4) is 0 Å². The van der Waals surface area contributed by atoms with Crippen molar-refractivity contribution < 1.29 is 16.1 Å². The normalized spacial score (nSPS) is 8.50. The van der Waals surface area contributed by atoms with Gasteiger partial charge in [-0.25, -0.2) is 0 Å². The summed E-state index contributed by atoms with van der Waals surface area (Å²) in [5.74, 6) is 0. The first kappa shape index (κ1) is 10.3. The Morgan fingerprint density at radius 2 is 1.17 bits per heavy atom. The van der Waals surface area contributed by atoms with Gasteiger partial charge in [0.1, 0.15) is 0 Å². The number of aliphatic hydroxyl groups is 1. The zero-order valence-electron chi connectivity index (χ0n) is 2.91. The van der Waals surface area contributed by atoms with Crippen molar-refractivity contribution >= 4 is 30.4 Å². The van der Waals surface area contributed by atoms with Crippen LogP contribution in [0.2, 0.25) is 0 Å². The minimum absolute atomic E-state index is 1.00. The first-order chi connectivity index (χ1) is 2.73. The molecular formula is CH4Cl3CoO. The quantitative estimate of drug-likeness (QED) is 0.626. The van der Waals surface area contributed by atoms with Crippen LogP contribution < -0.4 is 0 Å². The molecule has 44 valence electrons. The minimum atomic E-state index is -1.19. The zero-order valence-corrected chi connectivity index (χ0v) is 6.22. The van der Waals surface area contributed by atoms with E-state index in [1.807, 2.05) is 0 Å². The summed E-state index contributed by atoms with van der Waals surface area (Å²) in [6.45, 7) is 0. The van der Waals surface area contributed by atoms with Gasteiger partial charge in [0.25, 0.3) is 0 Å². The number of halogens is 3. The van der Waals surface area contributed by atoms with Crippen LogP contribution in [0.15, 0.2) is 0 Å². The van der Waals surface area contributed by atoms with E-state index in [1.165, 1.54) is 0 Å². The third-order valence-corrected chi connectivity index (χ3v) is 0. The Labute approximate surface area is 53.7 Å². The molecule has 1 N–H and O–H groups in total. The molecule has 0 bridgehead atoms. The third kappa shape index (κ3) is 56.2. The van der Waals surface area contributed by atoms with Crippen molar-refractivity contribution in [2.45, 2.75) is 0 Å². The summed E-state index contributed by atoms with van der Waals surface area (Å²) in [6, 6.07) is 0. The van der Waals surface area contributed by atoms with Gasteiger partial charge in [-0.3, -0.25) is 0 Å². The molecule has 0 radical (unpaired) electrons. The van der Waals surface area contributed by atoms with Crippen molar-refractivity contribution in [3.8, 4) is 0 Å². The van der Waals surface area contributed by atoms with E-state index < -0.39 is 10.9 Å². The molecule has 5 heteroatoms. The molecule has 0 saturated carbocycles. The standard InChI is InChI=1S/CH4O.3ClH.Co/c1-2;;;;/h2H,1H3;3*1H;/q;;;;+3/p-3. The summed E-state index contributed by atoms with van der Waals surface area (Å²) in [5, 5.41) is 7.00. The SMILES string of the molecule is CO.[Cl][Co]([Cl])[Cl]. The predicted molar refractivity (Wildman–Crippen MR) is 25.7 cm³/mol. The molecule has 0 rings (SSSR count). The second-order valence-corrected chi connectivity index (χ2v) is 5.30. The van der Waals surface area contributed by atoms with Gasteiger partial charge in [0, 0.05) is 7.11 Å². The van der Waals surface area contributed by atoms with E-state index in [0.717, 1.165) is 7.11 Å². The Bertz CT molecular complexity index is 15.5. The average molecular weight is 197 g/mol. The molecular weight excluding hydrogens is 193 g/mol. The molecule has 0 aromatic rings. The Kier molecular flexibility index (Phi) is 16.5. The summed E-state index contributed by atoms with van der Waals surface area (Å²) >= 11 is 0. The molecule has 0 saturated heterocycles. The van der Waals surface area contributed by atoms with Crippen molar-refractivity contribution in [1.29, 1.82) is 0 Å². The van der Waals surface area contributed by atoms with E-state index >= 15 is 0 Å². The molecule has 0 amide bonds. The van der Waals surface area contributed by atoms with Crippen LogP contribution in [0.1, 0.15) is 0 Å². The number of hydrogen-bond acceptors (Lipinski definition) is 1. The van der Waals surface area contributed by atoms with E-state index in [0.29, 0.717) is 0 Å². The molecule has 6 heavy (non-hydrogen) atoms. The van der Waals surface area contributed by atoms with Gasteiger partial charge in [-0.2, -0.15) is 0 Å². The second kappa shape index (κ2) is 9.60. The second-order valence-electron chi connectivity index (χ2n) is 0.143. The topological polar surface area (TPSA) is 20.2 Å². The summed E-state index contributed by atoms with van der Waals surface area (Å²) in [5.41, 5.74) is 0. The van der Waals surface area contributed by atoms with Gasteiger partial charge >= 0.3 is 41.4 Å². The predicted octanol–water partition coefficient (Wildman–Crippen LogP) is 1.67. The van der Waals surface area contributed by atoms with E-state index in [2.05, 4.69) is 0 Å². The first-order valence-corrected chi connectivity index (χ1v) is 5.12. The van der Waals surface area contributed by atoms with Gasteiger partial charge in [0.15, 0.2) is 0 Å². The number of hydrogen-bond donors (Lipinski definition) is 1. The van der Waals surface area contributed by atoms with E-state index in [1.54, 1.807) is 0 Å². The Balaban J connectivity index is 0. The Morgan fingerprint density at radius 3 is 1.17 bits per heavy atom. The number of aliphatic hydroxyl groups excluding tert-OH is 1. The molecule has 0 aliphatic rings. The Morgan fingerprint density at radius 1 is 1.17 bits per heavy atom.